The Balaban J connectivity index is 1.84. The first-order valence-electron chi connectivity index (χ1n) is 4.57. The maximum absolute atomic E-state index is 11.0. The Morgan fingerprint density at radius 3 is 2.67 bits per heavy atom. The normalized spacial score (nSPS) is 16.1. The monoisotopic (exact) mass is 282 g/mol. The van der Waals surface area contributed by atoms with Gasteiger partial charge in [0.25, 0.3) is 0 Å². The molecule has 1 fully saturated rings. The van der Waals surface area contributed by atoms with Gasteiger partial charge in [-0.3, -0.25) is 4.79 Å². The molecule has 3 heteroatoms. The molecule has 0 aliphatic heterocycles. The van der Waals surface area contributed by atoms with Crippen LogP contribution in [0.4, 0.5) is 0 Å². The molecule has 0 amide bonds. The van der Waals surface area contributed by atoms with Crippen LogP contribution in [-0.4, -0.2) is 17.0 Å². The zero-order valence-electron chi connectivity index (χ0n) is 7.22. The smallest absolute Gasteiger partial charge is 0.308 e. The lowest BCUT2D eigenvalue weighted by molar-refractivity contribution is -0.145. The summed E-state index contributed by atoms with van der Waals surface area (Å²) in [4.78, 5) is 11.0. The fourth-order valence-electron chi connectivity index (χ4n) is 0.983. The van der Waals surface area contributed by atoms with Crippen LogP contribution in [0.2, 0.25) is 0 Å². The van der Waals surface area contributed by atoms with E-state index in [2.05, 4.69) is 22.6 Å². The second-order valence-corrected chi connectivity index (χ2v) is 4.27. The average molecular weight is 282 g/mol. The van der Waals surface area contributed by atoms with Gasteiger partial charge in [0.2, 0.25) is 0 Å². The van der Waals surface area contributed by atoms with Gasteiger partial charge in [0, 0.05) is 0 Å². The number of halogens is 1. The Morgan fingerprint density at radius 2 is 2.08 bits per heavy atom. The van der Waals surface area contributed by atoms with Crippen LogP contribution in [0.25, 0.3) is 0 Å². The highest BCUT2D eigenvalue weighted by Gasteiger charge is 2.30. The van der Waals surface area contributed by atoms with Gasteiger partial charge in [-0.15, -0.1) is 0 Å². The Labute approximate surface area is 87.2 Å². The summed E-state index contributed by atoms with van der Waals surface area (Å²) in [6.07, 6.45) is 5.54. The molecule has 1 aliphatic rings. The molecule has 0 bridgehead atoms. The van der Waals surface area contributed by atoms with Gasteiger partial charge in [0.1, 0.15) is 0 Å². The number of hydrogen-bond acceptors (Lipinski definition) is 2. The molecule has 0 heterocycles. The molecular formula is C9H15IO2. The van der Waals surface area contributed by atoms with Crippen molar-refractivity contribution in [2.24, 2.45) is 5.92 Å². The van der Waals surface area contributed by atoms with Gasteiger partial charge in [-0.25, -0.2) is 0 Å². The molecule has 0 saturated heterocycles. The van der Waals surface area contributed by atoms with Crippen LogP contribution in [0.1, 0.15) is 32.1 Å². The molecule has 0 spiro atoms. The first kappa shape index (κ1) is 10.3. The first-order valence-corrected chi connectivity index (χ1v) is 6.09. The summed E-state index contributed by atoms with van der Waals surface area (Å²) in [6, 6.07) is 0. The number of ether oxygens (including phenoxy) is 1. The molecule has 0 atom stereocenters. The molecule has 0 aromatic rings. The molecular weight excluding hydrogens is 267 g/mol. The van der Waals surface area contributed by atoms with Crippen molar-refractivity contribution in [1.29, 1.82) is 0 Å². The van der Waals surface area contributed by atoms with Crippen LogP contribution < -0.4 is 0 Å². The summed E-state index contributed by atoms with van der Waals surface area (Å²) >= 11 is 2.37. The Morgan fingerprint density at radius 1 is 1.33 bits per heavy atom. The van der Waals surface area contributed by atoms with Gasteiger partial charge < -0.3 is 4.74 Å². The fraction of sp³-hybridized carbons (Fsp3) is 0.889. The number of alkyl halides is 1. The standard InChI is InChI=1S/C9H15IO2/c10-6-2-1-3-7-12-9(11)8-4-5-8/h8H,1-7H2. The van der Waals surface area contributed by atoms with Crippen LogP contribution in [0.5, 0.6) is 0 Å². The van der Waals surface area contributed by atoms with E-state index in [1.807, 2.05) is 0 Å². The SMILES string of the molecule is O=C(OCCCCCI)C1CC1. The van der Waals surface area contributed by atoms with E-state index in [9.17, 15) is 4.79 Å². The van der Waals surface area contributed by atoms with Gasteiger partial charge in [-0.2, -0.15) is 0 Å². The first-order chi connectivity index (χ1) is 5.84. The van der Waals surface area contributed by atoms with E-state index in [1.54, 1.807) is 0 Å². The molecule has 1 rings (SSSR count). The molecule has 0 aromatic carbocycles. The van der Waals surface area contributed by atoms with Crippen LogP contribution in [0.15, 0.2) is 0 Å². The Hall–Kier alpha value is 0.200. The van der Waals surface area contributed by atoms with Gasteiger partial charge >= 0.3 is 5.97 Å². The summed E-state index contributed by atoms with van der Waals surface area (Å²) in [7, 11) is 0. The highest BCUT2D eigenvalue weighted by atomic mass is 127. The van der Waals surface area contributed by atoms with E-state index in [1.165, 1.54) is 17.3 Å². The lowest BCUT2D eigenvalue weighted by Gasteiger charge is -2.02. The van der Waals surface area contributed by atoms with Gasteiger partial charge in [-0.1, -0.05) is 22.6 Å². The number of esters is 1. The summed E-state index contributed by atoms with van der Waals surface area (Å²) in [5, 5.41) is 0. The summed E-state index contributed by atoms with van der Waals surface area (Å²) in [5.41, 5.74) is 0. The van der Waals surface area contributed by atoms with Gasteiger partial charge in [0.05, 0.1) is 12.5 Å². The maximum Gasteiger partial charge on any atom is 0.308 e. The second-order valence-electron chi connectivity index (χ2n) is 3.19. The lowest BCUT2D eigenvalue weighted by atomic mass is 10.3. The van der Waals surface area contributed by atoms with Crippen LogP contribution in [-0.2, 0) is 9.53 Å². The quantitative estimate of drug-likeness (QED) is 0.324. The van der Waals surface area contributed by atoms with Crippen molar-refractivity contribution in [2.75, 3.05) is 11.0 Å². The Bertz CT molecular complexity index is 143. The van der Waals surface area contributed by atoms with E-state index in [0.29, 0.717) is 6.61 Å². The number of rotatable bonds is 6. The van der Waals surface area contributed by atoms with Crippen molar-refractivity contribution in [3.05, 3.63) is 0 Å². The molecule has 2 nitrogen and oxygen atoms in total. The second kappa shape index (κ2) is 5.78. The maximum atomic E-state index is 11.0. The number of carbonyl (C=O) groups excluding carboxylic acids is 1. The minimum atomic E-state index is 0.0319. The Kier molecular flexibility index (Phi) is 4.95. The van der Waals surface area contributed by atoms with E-state index >= 15 is 0 Å². The summed E-state index contributed by atoms with van der Waals surface area (Å²) in [5.74, 6) is 0.291. The summed E-state index contributed by atoms with van der Waals surface area (Å²) in [6.45, 7) is 0.631. The fourth-order valence-corrected chi connectivity index (χ4v) is 1.52. The van der Waals surface area contributed by atoms with Crippen molar-refractivity contribution in [3.63, 3.8) is 0 Å². The molecule has 70 valence electrons. The minimum Gasteiger partial charge on any atom is -0.465 e. The van der Waals surface area contributed by atoms with E-state index in [0.717, 1.165) is 19.3 Å². The predicted octanol–water partition coefficient (Wildman–Crippen LogP) is 2.54. The van der Waals surface area contributed by atoms with Gasteiger partial charge in [-0.05, 0) is 36.5 Å². The van der Waals surface area contributed by atoms with Crippen LogP contribution in [0.3, 0.4) is 0 Å². The molecule has 12 heavy (non-hydrogen) atoms. The largest absolute Gasteiger partial charge is 0.465 e. The lowest BCUT2D eigenvalue weighted by Crippen LogP contribution is -2.07. The zero-order valence-corrected chi connectivity index (χ0v) is 9.38. The van der Waals surface area contributed by atoms with Crippen LogP contribution in [0, 0.1) is 5.92 Å². The number of unbranched alkanes of at least 4 members (excludes halogenated alkanes) is 2. The van der Waals surface area contributed by atoms with E-state index < -0.39 is 0 Å². The molecule has 1 aliphatic carbocycles. The highest BCUT2D eigenvalue weighted by Crippen LogP contribution is 2.30. The van der Waals surface area contributed by atoms with Crippen LogP contribution >= 0.6 is 22.6 Å². The van der Waals surface area contributed by atoms with Crippen molar-refractivity contribution in [1.82, 2.24) is 0 Å². The third kappa shape index (κ3) is 4.28. The molecule has 0 aromatic heterocycles. The third-order valence-corrected chi connectivity index (χ3v) is 2.70. The minimum absolute atomic E-state index is 0.0319. The third-order valence-electron chi connectivity index (χ3n) is 1.93. The predicted molar refractivity (Wildman–Crippen MR) is 56.4 cm³/mol. The van der Waals surface area contributed by atoms with Gasteiger partial charge in [0.15, 0.2) is 0 Å². The molecule has 0 unspecified atom stereocenters. The highest BCUT2D eigenvalue weighted by molar-refractivity contribution is 14.1. The molecule has 1 saturated carbocycles. The van der Waals surface area contributed by atoms with E-state index in [4.69, 9.17) is 4.74 Å². The van der Waals surface area contributed by atoms with Crippen molar-refractivity contribution in [3.8, 4) is 0 Å². The van der Waals surface area contributed by atoms with Crippen molar-refractivity contribution in [2.45, 2.75) is 32.1 Å². The van der Waals surface area contributed by atoms with E-state index in [-0.39, 0.29) is 11.9 Å². The number of carbonyl (C=O) groups is 1. The van der Waals surface area contributed by atoms with Crippen molar-refractivity contribution >= 4 is 28.6 Å². The summed E-state index contributed by atoms with van der Waals surface area (Å²) < 4.78 is 6.27. The van der Waals surface area contributed by atoms with Crippen molar-refractivity contribution < 1.29 is 9.53 Å². The molecule has 0 radical (unpaired) electrons. The zero-order chi connectivity index (χ0) is 8.81. The molecule has 0 N–H and O–H groups in total. The average Bonchev–Trinajstić information content (AvgIpc) is 2.86. The number of hydrogen-bond donors (Lipinski definition) is 0. The topological polar surface area (TPSA) is 26.3 Å².